The van der Waals surface area contributed by atoms with Gasteiger partial charge in [-0.1, -0.05) is 12.1 Å². The van der Waals surface area contributed by atoms with Crippen LogP contribution in [-0.2, 0) is 20.9 Å². The van der Waals surface area contributed by atoms with Crippen LogP contribution in [0.1, 0.15) is 25.0 Å². The Morgan fingerprint density at radius 3 is 2.50 bits per heavy atom. The minimum absolute atomic E-state index is 0.120. The number of ether oxygens (including phenoxy) is 1. The van der Waals surface area contributed by atoms with Crippen LogP contribution in [0.25, 0.3) is 0 Å². The first-order valence-electron chi connectivity index (χ1n) is 5.45. The summed E-state index contributed by atoms with van der Waals surface area (Å²) in [5.74, 6) is -0.771. The smallest absolute Gasteiger partial charge is 0.328 e. The topological polar surface area (TPSA) is 79.2 Å². The van der Waals surface area contributed by atoms with Crippen LogP contribution in [0.3, 0.4) is 0 Å². The molecule has 1 N–H and O–H groups in total. The summed E-state index contributed by atoms with van der Waals surface area (Å²) in [5.41, 5.74) is 1.34. The molecule has 94 valence electrons. The van der Waals surface area contributed by atoms with E-state index in [0.717, 1.165) is 5.56 Å². The van der Waals surface area contributed by atoms with Gasteiger partial charge in [0.05, 0.1) is 11.6 Å². The number of rotatable bonds is 4. The summed E-state index contributed by atoms with van der Waals surface area (Å²) in [4.78, 5) is 22.2. The second-order valence-electron chi connectivity index (χ2n) is 3.84. The van der Waals surface area contributed by atoms with Gasteiger partial charge < -0.3 is 10.1 Å². The lowest BCUT2D eigenvalue weighted by molar-refractivity contribution is -0.148. The fourth-order valence-corrected chi connectivity index (χ4v) is 1.32. The molecular weight excluding hydrogens is 232 g/mol. The number of benzene rings is 1. The lowest BCUT2D eigenvalue weighted by Gasteiger charge is -2.11. The second-order valence-corrected chi connectivity index (χ2v) is 3.84. The molecule has 1 aromatic rings. The SMILES string of the molecule is CC(=O)NC(C)C(=O)OCc1ccc(C#N)cc1. The molecule has 18 heavy (non-hydrogen) atoms. The normalized spacial score (nSPS) is 11.2. The van der Waals surface area contributed by atoms with Crippen molar-refractivity contribution in [2.75, 3.05) is 0 Å². The van der Waals surface area contributed by atoms with Gasteiger partial charge in [0.2, 0.25) is 5.91 Å². The maximum Gasteiger partial charge on any atom is 0.328 e. The summed E-state index contributed by atoms with van der Waals surface area (Å²) >= 11 is 0. The van der Waals surface area contributed by atoms with E-state index in [-0.39, 0.29) is 12.5 Å². The number of carbonyl (C=O) groups excluding carboxylic acids is 2. The van der Waals surface area contributed by atoms with Gasteiger partial charge >= 0.3 is 5.97 Å². The number of nitrogens with zero attached hydrogens (tertiary/aromatic N) is 1. The highest BCUT2D eigenvalue weighted by Gasteiger charge is 2.14. The molecule has 0 saturated carbocycles. The van der Waals surface area contributed by atoms with Gasteiger partial charge in [0, 0.05) is 6.92 Å². The molecule has 0 radical (unpaired) electrons. The maximum absolute atomic E-state index is 11.5. The Morgan fingerprint density at radius 2 is 2.00 bits per heavy atom. The Balaban J connectivity index is 2.47. The van der Waals surface area contributed by atoms with Crippen LogP contribution in [0.2, 0.25) is 0 Å². The third kappa shape index (κ3) is 4.26. The van der Waals surface area contributed by atoms with Gasteiger partial charge in [-0.2, -0.15) is 5.26 Å². The highest BCUT2D eigenvalue weighted by Crippen LogP contribution is 2.05. The quantitative estimate of drug-likeness (QED) is 0.807. The Labute approximate surface area is 105 Å². The van der Waals surface area contributed by atoms with Crippen LogP contribution >= 0.6 is 0 Å². The van der Waals surface area contributed by atoms with Gasteiger partial charge in [0.1, 0.15) is 12.6 Å². The van der Waals surface area contributed by atoms with Gasteiger partial charge in [-0.05, 0) is 24.6 Å². The zero-order valence-corrected chi connectivity index (χ0v) is 10.3. The minimum Gasteiger partial charge on any atom is -0.459 e. The molecule has 1 rings (SSSR count). The largest absolute Gasteiger partial charge is 0.459 e. The third-order valence-corrected chi connectivity index (χ3v) is 2.24. The summed E-state index contributed by atoms with van der Waals surface area (Å²) in [6.45, 7) is 3.02. The molecule has 5 heteroatoms. The first-order valence-corrected chi connectivity index (χ1v) is 5.45. The van der Waals surface area contributed by atoms with Crippen LogP contribution in [0.4, 0.5) is 0 Å². The van der Waals surface area contributed by atoms with Gasteiger partial charge in [-0.25, -0.2) is 4.79 Å². The number of nitrogens with one attached hydrogen (secondary N) is 1. The number of nitriles is 1. The molecule has 1 aromatic carbocycles. The van der Waals surface area contributed by atoms with Crippen molar-refractivity contribution in [3.63, 3.8) is 0 Å². The summed E-state index contributed by atoms with van der Waals surface area (Å²) < 4.78 is 5.03. The van der Waals surface area contributed by atoms with Gasteiger partial charge in [-0.3, -0.25) is 4.79 Å². The molecule has 0 fully saturated rings. The summed E-state index contributed by atoms with van der Waals surface area (Å²) in [5, 5.41) is 11.1. The van der Waals surface area contributed by atoms with Crippen LogP contribution < -0.4 is 5.32 Å². The van der Waals surface area contributed by atoms with Gasteiger partial charge in [0.25, 0.3) is 0 Å². The average molecular weight is 246 g/mol. The average Bonchev–Trinajstić information content (AvgIpc) is 2.35. The first-order chi connectivity index (χ1) is 8.52. The molecule has 0 aliphatic rings. The van der Waals surface area contributed by atoms with Crippen molar-refractivity contribution in [2.24, 2.45) is 0 Å². The Morgan fingerprint density at radius 1 is 1.39 bits per heavy atom. The van der Waals surface area contributed by atoms with E-state index < -0.39 is 12.0 Å². The first kappa shape index (κ1) is 13.7. The summed E-state index contributed by atoms with van der Waals surface area (Å²) in [7, 11) is 0. The van der Waals surface area contributed by atoms with E-state index in [4.69, 9.17) is 10.00 Å². The van der Waals surface area contributed by atoms with Crippen molar-refractivity contribution in [2.45, 2.75) is 26.5 Å². The highest BCUT2D eigenvalue weighted by atomic mass is 16.5. The Bertz CT molecular complexity index is 474. The monoisotopic (exact) mass is 246 g/mol. The summed E-state index contributed by atoms with van der Waals surface area (Å²) in [6, 6.07) is 8.08. The molecule has 0 aromatic heterocycles. The van der Waals surface area contributed by atoms with E-state index in [1.807, 2.05) is 6.07 Å². The summed E-state index contributed by atoms with van der Waals surface area (Å²) in [6.07, 6.45) is 0. The predicted octanol–water partition coefficient (Wildman–Crippen LogP) is 1.13. The number of hydrogen-bond acceptors (Lipinski definition) is 4. The number of carbonyl (C=O) groups is 2. The second kappa shape index (κ2) is 6.40. The highest BCUT2D eigenvalue weighted by molar-refractivity contribution is 5.82. The molecule has 0 heterocycles. The third-order valence-electron chi connectivity index (χ3n) is 2.24. The standard InChI is InChI=1S/C13H14N2O3/c1-9(15-10(2)16)13(17)18-8-12-5-3-11(7-14)4-6-12/h3-6,9H,8H2,1-2H3,(H,15,16). The zero-order valence-electron chi connectivity index (χ0n) is 10.3. The molecule has 0 aliphatic heterocycles. The van der Waals surface area contributed by atoms with Crippen molar-refractivity contribution in [1.82, 2.24) is 5.32 Å². The molecule has 1 atom stereocenters. The zero-order chi connectivity index (χ0) is 13.5. The molecule has 1 unspecified atom stereocenters. The molecule has 0 bridgehead atoms. The predicted molar refractivity (Wildman–Crippen MR) is 64.2 cm³/mol. The molecular formula is C13H14N2O3. The Hall–Kier alpha value is -2.35. The van der Waals surface area contributed by atoms with Crippen LogP contribution in [0.5, 0.6) is 0 Å². The fraction of sp³-hybridized carbons (Fsp3) is 0.308. The number of amides is 1. The number of hydrogen-bond donors (Lipinski definition) is 1. The fourth-order valence-electron chi connectivity index (χ4n) is 1.32. The van der Waals surface area contributed by atoms with Crippen LogP contribution in [0.15, 0.2) is 24.3 Å². The minimum atomic E-state index is -0.666. The maximum atomic E-state index is 11.5. The van der Waals surface area contributed by atoms with E-state index in [0.29, 0.717) is 5.56 Å². The molecule has 0 saturated heterocycles. The molecule has 1 amide bonds. The van der Waals surface area contributed by atoms with Crippen molar-refractivity contribution in [3.8, 4) is 6.07 Å². The molecule has 5 nitrogen and oxygen atoms in total. The van der Waals surface area contributed by atoms with Crippen molar-refractivity contribution >= 4 is 11.9 Å². The van der Waals surface area contributed by atoms with Gasteiger partial charge in [0.15, 0.2) is 0 Å². The Kier molecular flexibility index (Phi) is 4.88. The van der Waals surface area contributed by atoms with E-state index in [2.05, 4.69) is 5.32 Å². The van der Waals surface area contributed by atoms with E-state index in [1.54, 1.807) is 31.2 Å². The van der Waals surface area contributed by atoms with E-state index in [9.17, 15) is 9.59 Å². The lowest BCUT2D eigenvalue weighted by atomic mass is 10.2. The van der Waals surface area contributed by atoms with Crippen molar-refractivity contribution in [1.29, 1.82) is 5.26 Å². The van der Waals surface area contributed by atoms with E-state index >= 15 is 0 Å². The van der Waals surface area contributed by atoms with Crippen LogP contribution in [-0.4, -0.2) is 17.9 Å². The van der Waals surface area contributed by atoms with Gasteiger partial charge in [-0.15, -0.1) is 0 Å². The molecule has 0 spiro atoms. The van der Waals surface area contributed by atoms with Crippen LogP contribution in [0, 0.1) is 11.3 Å². The molecule has 0 aliphatic carbocycles. The van der Waals surface area contributed by atoms with E-state index in [1.165, 1.54) is 6.92 Å². The number of esters is 1. The van der Waals surface area contributed by atoms with Crippen molar-refractivity contribution < 1.29 is 14.3 Å². The van der Waals surface area contributed by atoms with Crippen molar-refractivity contribution in [3.05, 3.63) is 35.4 Å². The lowest BCUT2D eigenvalue weighted by Crippen LogP contribution is -2.38.